The van der Waals surface area contributed by atoms with Crippen LogP contribution >= 0.6 is 0 Å². The Labute approximate surface area is 140 Å². The first-order valence-corrected chi connectivity index (χ1v) is 7.81. The molecule has 0 atom stereocenters. The molecule has 0 saturated heterocycles. The molecule has 0 fully saturated rings. The zero-order valence-corrected chi connectivity index (χ0v) is 13.8. The molecule has 0 saturated carbocycles. The minimum atomic E-state index is -0.317. The van der Waals surface area contributed by atoms with E-state index >= 15 is 0 Å². The normalized spacial score (nSPS) is 10.1. The van der Waals surface area contributed by atoms with E-state index in [4.69, 9.17) is 9.47 Å². The molecule has 2 aromatic rings. The predicted molar refractivity (Wildman–Crippen MR) is 92.3 cm³/mol. The summed E-state index contributed by atoms with van der Waals surface area (Å²) in [5.74, 6) is 0.694. The smallest absolute Gasteiger partial charge is 0.243 e. The lowest BCUT2D eigenvalue weighted by molar-refractivity contribution is -0.114. The van der Waals surface area contributed by atoms with Gasteiger partial charge in [-0.15, -0.1) is 0 Å². The number of rotatable bonds is 8. The first-order chi connectivity index (χ1) is 11.6. The molecule has 0 heterocycles. The SMILES string of the molecule is CCOc1ccc(NC(=O)CNc2ccc(F)cc2)cc1OCC. The molecule has 6 heteroatoms. The van der Waals surface area contributed by atoms with Crippen molar-refractivity contribution < 1.29 is 18.7 Å². The summed E-state index contributed by atoms with van der Waals surface area (Å²) in [5.41, 5.74) is 1.29. The summed E-state index contributed by atoms with van der Waals surface area (Å²) in [4.78, 5) is 12.0. The maximum absolute atomic E-state index is 12.8. The van der Waals surface area contributed by atoms with Crippen LogP contribution in [0.2, 0.25) is 0 Å². The fourth-order valence-corrected chi connectivity index (χ4v) is 2.08. The third kappa shape index (κ3) is 5.15. The van der Waals surface area contributed by atoms with Crippen LogP contribution in [0.4, 0.5) is 15.8 Å². The van der Waals surface area contributed by atoms with Crippen LogP contribution in [0.25, 0.3) is 0 Å². The number of ether oxygens (including phenoxy) is 2. The fourth-order valence-electron chi connectivity index (χ4n) is 2.08. The summed E-state index contributed by atoms with van der Waals surface area (Å²) in [5, 5.41) is 5.71. The molecule has 0 aromatic heterocycles. The van der Waals surface area contributed by atoms with Gasteiger partial charge in [0.2, 0.25) is 5.91 Å². The Balaban J connectivity index is 1.95. The van der Waals surface area contributed by atoms with Crippen LogP contribution in [0, 0.1) is 5.82 Å². The first kappa shape index (κ1) is 17.6. The lowest BCUT2D eigenvalue weighted by atomic mass is 10.2. The molecule has 0 unspecified atom stereocenters. The first-order valence-electron chi connectivity index (χ1n) is 7.81. The van der Waals surface area contributed by atoms with Gasteiger partial charge in [0.1, 0.15) is 5.82 Å². The van der Waals surface area contributed by atoms with Crippen molar-refractivity contribution in [3.63, 3.8) is 0 Å². The molecule has 2 aromatic carbocycles. The quantitative estimate of drug-likeness (QED) is 0.774. The molecule has 1 amide bonds. The summed E-state index contributed by atoms with van der Waals surface area (Å²) in [6.45, 7) is 4.89. The summed E-state index contributed by atoms with van der Waals surface area (Å²) in [6.07, 6.45) is 0. The Kier molecular flexibility index (Phi) is 6.42. The van der Waals surface area contributed by atoms with Crippen LogP contribution in [0.1, 0.15) is 13.8 Å². The fraction of sp³-hybridized carbons (Fsp3) is 0.278. The highest BCUT2D eigenvalue weighted by Gasteiger charge is 2.08. The van der Waals surface area contributed by atoms with Crippen LogP contribution in [0.3, 0.4) is 0 Å². The van der Waals surface area contributed by atoms with E-state index < -0.39 is 0 Å². The van der Waals surface area contributed by atoms with Crippen LogP contribution in [0.15, 0.2) is 42.5 Å². The molecule has 0 aliphatic heterocycles. The minimum Gasteiger partial charge on any atom is -0.490 e. The van der Waals surface area contributed by atoms with E-state index in [-0.39, 0.29) is 18.3 Å². The largest absolute Gasteiger partial charge is 0.490 e. The van der Waals surface area contributed by atoms with Gasteiger partial charge < -0.3 is 20.1 Å². The molecule has 0 spiro atoms. The van der Waals surface area contributed by atoms with Crippen LogP contribution in [0.5, 0.6) is 11.5 Å². The van der Waals surface area contributed by atoms with Crippen molar-refractivity contribution in [1.82, 2.24) is 0 Å². The lowest BCUT2D eigenvalue weighted by Crippen LogP contribution is -2.21. The van der Waals surface area contributed by atoms with E-state index in [1.807, 2.05) is 13.8 Å². The molecule has 5 nitrogen and oxygen atoms in total. The number of nitrogens with one attached hydrogen (secondary N) is 2. The number of hydrogen-bond acceptors (Lipinski definition) is 4. The molecule has 0 aliphatic carbocycles. The number of amides is 1. The number of carbonyl (C=O) groups is 1. The highest BCUT2D eigenvalue weighted by Crippen LogP contribution is 2.30. The third-order valence-corrected chi connectivity index (χ3v) is 3.12. The lowest BCUT2D eigenvalue weighted by Gasteiger charge is -2.13. The van der Waals surface area contributed by atoms with Gasteiger partial charge in [-0.25, -0.2) is 4.39 Å². The second-order valence-corrected chi connectivity index (χ2v) is 4.94. The molecule has 128 valence electrons. The summed E-state index contributed by atoms with van der Waals surface area (Å²) >= 11 is 0. The van der Waals surface area contributed by atoms with E-state index in [9.17, 15) is 9.18 Å². The second-order valence-electron chi connectivity index (χ2n) is 4.94. The number of benzene rings is 2. The Morgan fingerprint density at radius 2 is 1.58 bits per heavy atom. The Bertz CT molecular complexity index is 674. The maximum atomic E-state index is 12.8. The number of anilines is 2. The van der Waals surface area contributed by atoms with Crippen molar-refractivity contribution in [3.05, 3.63) is 48.3 Å². The summed E-state index contributed by atoms with van der Waals surface area (Å²) in [6, 6.07) is 11.1. The van der Waals surface area contributed by atoms with Gasteiger partial charge in [-0.05, 0) is 50.2 Å². The van der Waals surface area contributed by atoms with Gasteiger partial charge in [-0.2, -0.15) is 0 Å². The molecule has 24 heavy (non-hydrogen) atoms. The molecule has 0 radical (unpaired) electrons. The zero-order chi connectivity index (χ0) is 17.4. The van der Waals surface area contributed by atoms with Gasteiger partial charge in [-0.3, -0.25) is 4.79 Å². The molecule has 0 bridgehead atoms. The Morgan fingerprint density at radius 1 is 0.958 bits per heavy atom. The van der Waals surface area contributed by atoms with Crippen LogP contribution < -0.4 is 20.1 Å². The highest BCUT2D eigenvalue weighted by atomic mass is 19.1. The van der Waals surface area contributed by atoms with Crippen molar-refractivity contribution in [2.45, 2.75) is 13.8 Å². The predicted octanol–water partition coefficient (Wildman–Crippen LogP) is 3.67. The summed E-state index contributed by atoms with van der Waals surface area (Å²) in [7, 11) is 0. The zero-order valence-electron chi connectivity index (χ0n) is 13.8. The topological polar surface area (TPSA) is 59.6 Å². The van der Waals surface area contributed by atoms with E-state index in [2.05, 4.69) is 10.6 Å². The van der Waals surface area contributed by atoms with Crippen molar-refractivity contribution in [3.8, 4) is 11.5 Å². The van der Waals surface area contributed by atoms with E-state index in [0.29, 0.717) is 36.1 Å². The number of carbonyl (C=O) groups excluding carboxylic acids is 1. The Morgan fingerprint density at radius 3 is 2.25 bits per heavy atom. The van der Waals surface area contributed by atoms with E-state index in [1.54, 1.807) is 30.3 Å². The monoisotopic (exact) mass is 332 g/mol. The Hall–Kier alpha value is -2.76. The van der Waals surface area contributed by atoms with Crippen LogP contribution in [-0.4, -0.2) is 25.7 Å². The molecular weight excluding hydrogens is 311 g/mol. The van der Waals surface area contributed by atoms with Gasteiger partial charge in [0, 0.05) is 17.4 Å². The van der Waals surface area contributed by atoms with Gasteiger partial charge in [0.15, 0.2) is 11.5 Å². The molecular formula is C18H21FN2O3. The molecule has 2 rings (SSSR count). The molecule has 2 N–H and O–H groups in total. The number of hydrogen-bond donors (Lipinski definition) is 2. The summed E-state index contributed by atoms with van der Waals surface area (Å²) < 4.78 is 23.8. The van der Waals surface area contributed by atoms with Gasteiger partial charge in [-0.1, -0.05) is 0 Å². The number of halogens is 1. The average Bonchev–Trinajstić information content (AvgIpc) is 2.57. The van der Waals surface area contributed by atoms with Crippen molar-refractivity contribution in [1.29, 1.82) is 0 Å². The van der Waals surface area contributed by atoms with Crippen molar-refractivity contribution in [2.75, 3.05) is 30.4 Å². The standard InChI is InChI=1S/C18H21FN2O3/c1-3-23-16-10-9-15(11-17(16)24-4-2)21-18(22)12-20-14-7-5-13(19)6-8-14/h5-11,20H,3-4,12H2,1-2H3,(H,21,22). The van der Waals surface area contributed by atoms with Gasteiger partial charge >= 0.3 is 0 Å². The highest BCUT2D eigenvalue weighted by molar-refractivity contribution is 5.94. The van der Waals surface area contributed by atoms with Crippen molar-refractivity contribution in [2.24, 2.45) is 0 Å². The second kappa shape index (κ2) is 8.76. The van der Waals surface area contributed by atoms with Crippen LogP contribution in [-0.2, 0) is 4.79 Å². The third-order valence-electron chi connectivity index (χ3n) is 3.12. The van der Waals surface area contributed by atoms with Gasteiger partial charge in [0.25, 0.3) is 0 Å². The van der Waals surface area contributed by atoms with Crippen molar-refractivity contribution >= 4 is 17.3 Å². The average molecular weight is 332 g/mol. The minimum absolute atomic E-state index is 0.0722. The van der Waals surface area contributed by atoms with Gasteiger partial charge in [0.05, 0.1) is 19.8 Å². The maximum Gasteiger partial charge on any atom is 0.243 e. The van der Waals surface area contributed by atoms with E-state index in [1.165, 1.54) is 12.1 Å². The molecule has 0 aliphatic rings. The van der Waals surface area contributed by atoms with E-state index in [0.717, 1.165) is 0 Å².